The first-order valence-electron chi connectivity index (χ1n) is 5.66. The summed E-state index contributed by atoms with van der Waals surface area (Å²) >= 11 is 18.0. The fraction of sp³-hybridized carbons (Fsp3) is 0.133. The Labute approximate surface area is 127 Å². The lowest BCUT2D eigenvalue weighted by Gasteiger charge is -2.09. The van der Waals surface area contributed by atoms with E-state index in [0.717, 1.165) is 11.1 Å². The van der Waals surface area contributed by atoms with Crippen molar-refractivity contribution in [1.82, 2.24) is 0 Å². The standard InChI is InChI=1S/C15H11Cl3O/c1-8-5-12(13(17)6-9(8)2)15(19)11-4-3-10(16)7-14(11)18/h3-7H,1-2H3. The molecule has 0 amide bonds. The van der Waals surface area contributed by atoms with Crippen molar-refractivity contribution in [1.29, 1.82) is 0 Å². The van der Waals surface area contributed by atoms with Crippen LogP contribution in [-0.2, 0) is 0 Å². The number of benzene rings is 2. The van der Waals surface area contributed by atoms with E-state index in [1.807, 2.05) is 13.8 Å². The summed E-state index contributed by atoms with van der Waals surface area (Å²) in [6, 6.07) is 8.36. The number of rotatable bonds is 2. The minimum atomic E-state index is -0.199. The van der Waals surface area contributed by atoms with E-state index in [4.69, 9.17) is 34.8 Å². The van der Waals surface area contributed by atoms with Crippen molar-refractivity contribution in [3.8, 4) is 0 Å². The van der Waals surface area contributed by atoms with E-state index in [-0.39, 0.29) is 5.78 Å². The number of hydrogen-bond donors (Lipinski definition) is 0. The van der Waals surface area contributed by atoms with Crippen LogP contribution in [0.25, 0.3) is 0 Å². The summed E-state index contributed by atoms with van der Waals surface area (Å²) in [5.41, 5.74) is 2.91. The molecular formula is C15H11Cl3O. The Morgan fingerprint density at radius 1 is 0.842 bits per heavy atom. The molecule has 0 atom stereocenters. The van der Waals surface area contributed by atoms with Gasteiger partial charge in [0.05, 0.1) is 10.0 Å². The van der Waals surface area contributed by atoms with Gasteiger partial charge in [-0.15, -0.1) is 0 Å². The summed E-state index contributed by atoms with van der Waals surface area (Å²) in [5, 5.41) is 1.25. The first kappa shape index (κ1) is 14.4. The molecule has 0 radical (unpaired) electrons. The summed E-state index contributed by atoms with van der Waals surface area (Å²) in [5.74, 6) is -0.199. The van der Waals surface area contributed by atoms with Crippen molar-refractivity contribution in [2.75, 3.05) is 0 Å². The van der Waals surface area contributed by atoms with E-state index in [0.29, 0.717) is 26.2 Å². The largest absolute Gasteiger partial charge is 0.288 e. The normalized spacial score (nSPS) is 10.6. The second kappa shape index (κ2) is 5.54. The Kier molecular flexibility index (Phi) is 4.19. The van der Waals surface area contributed by atoms with Crippen molar-refractivity contribution in [3.05, 3.63) is 67.7 Å². The zero-order valence-corrected chi connectivity index (χ0v) is 12.7. The van der Waals surface area contributed by atoms with Gasteiger partial charge in [0.2, 0.25) is 0 Å². The lowest BCUT2D eigenvalue weighted by molar-refractivity contribution is 0.103. The maximum atomic E-state index is 12.5. The van der Waals surface area contributed by atoms with Crippen molar-refractivity contribution in [3.63, 3.8) is 0 Å². The summed E-state index contributed by atoms with van der Waals surface area (Å²) in [6.45, 7) is 3.89. The molecule has 2 aromatic rings. The Morgan fingerprint density at radius 3 is 2.05 bits per heavy atom. The first-order valence-corrected chi connectivity index (χ1v) is 6.80. The molecule has 0 bridgehead atoms. The van der Waals surface area contributed by atoms with E-state index in [9.17, 15) is 4.79 Å². The molecule has 0 aliphatic carbocycles. The molecule has 98 valence electrons. The van der Waals surface area contributed by atoms with Gasteiger partial charge in [-0.3, -0.25) is 4.79 Å². The van der Waals surface area contributed by atoms with Gasteiger partial charge in [-0.1, -0.05) is 34.8 Å². The zero-order valence-electron chi connectivity index (χ0n) is 10.4. The Hall–Kier alpha value is -1.02. The average molecular weight is 314 g/mol. The van der Waals surface area contributed by atoms with Gasteiger partial charge >= 0.3 is 0 Å². The molecule has 2 aromatic carbocycles. The van der Waals surface area contributed by atoms with Crippen molar-refractivity contribution in [2.24, 2.45) is 0 Å². The zero-order chi connectivity index (χ0) is 14.2. The molecule has 0 N–H and O–H groups in total. The average Bonchev–Trinajstić information content (AvgIpc) is 2.33. The second-order valence-corrected chi connectivity index (χ2v) is 5.62. The van der Waals surface area contributed by atoms with Crippen LogP contribution in [0.2, 0.25) is 15.1 Å². The Bertz CT molecular complexity index is 663. The van der Waals surface area contributed by atoms with Gasteiger partial charge in [-0.2, -0.15) is 0 Å². The predicted molar refractivity (Wildman–Crippen MR) is 80.8 cm³/mol. The first-order chi connectivity index (χ1) is 8.90. The molecule has 0 unspecified atom stereocenters. The summed E-state index contributed by atoms with van der Waals surface area (Å²) in [7, 11) is 0. The molecule has 1 nitrogen and oxygen atoms in total. The molecule has 0 aliphatic heterocycles. The van der Waals surface area contributed by atoms with Crippen LogP contribution in [0, 0.1) is 13.8 Å². The maximum absolute atomic E-state index is 12.5. The molecule has 0 aromatic heterocycles. The molecule has 19 heavy (non-hydrogen) atoms. The summed E-state index contributed by atoms with van der Waals surface area (Å²) < 4.78 is 0. The van der Waals surface area contributed by atoms with E-state index >= 15 is 0 Å². The van der Waals surface area contributed by atoms with Crippen molar-refractivity contribution in [2.45, 2.75) is 13.8 Å². The van der Waals surface area contributed by atoms with Crippen LogP contribution >= 0.6 is 34.8 Å². The van der Waals surface area contributed by atoms with Gasteiger partial charge in [-0.05, 0) is 55.3 Å². The molecule has 0 spiro atoms. The number of carbonyl (C=O) groups excluding carboxylic acids is 1. The smallest absolute Gasteiger partial charge is 0.196 e. The van der Waals surface area contributed by atoms with E-state index in [1.165, 1.54) is 0 Å². The third-order valence-corrected chi connectivity index (χ3v) is 3.86. The van der Waals surface area contributed by atoms with Crippen LogP contribution in [0.15, 0.2) is 30.3 Å². The number of carbonyl (C=O) groups is 1. The maximum Gasteiger partial charge on any atom is 0.196 e. The predicted octanol–water partition coefficient (Wildman–Crippen LogP) is 5.49. The van der Waals surface area contributed by atoms with Gasteiger partial charge in [0, 0.05) is 16.1 Å². The van der Waals surface area contributed by atoms with Gasteiger partial charge in [0.1, 0.15) is 0 Å². The highest BCUT2D eigenvalue weighted by Gasteiger charge is 2.17. The highest BCUT2D eigenvalue weighted by atomic mass is 35.5. The van der Waals surface area contributed by atoms with Crippen LogP contribution < -0.4 is 0 Å². The quantitative estimate of drug-likeness (QED) is 0.670. The lowest BCUT2D eigenvalue weighted by atomic mass is 9.99. The monoisotopic (exact) mass is 312 g/mol. The molecule has 0 saturated heterocycles. The van der Waals surface area contributed by atoms with E-state index in [1.54, 1.807) is 30.3 Å². The minimum Gasteiger partial charge on any atom is -0.288 e. The lowest BCUT2D eigenvalue weighted by Crippen LogP contribution is -2.04. The van der Waals surface area contributed by atoms with Gasteiger partial charge < -0.3 is 0 Å². The molecule has 2 rings (SSSR count). The Balaban J connectivity index is 2.53. The SMILES string of the molecule is Cc1cc(Cl)c(C(=O)c2ccc(Cl)cc2Cl)cc1C. The second-order valence-electron chi connectivity index (χ2n) is 4.37. The number of hydrogen-bond acceptors (Lipinski definition) is 1. The molecule has 0 heterocycles. The van der Waals surface area contributed by atoms with Gasteiger partial charge in [0.25, 0.3) is 0 Å². The topological polar surface area (TPSA) is 17.1 Å². The summed E-state index contributed by atoms with van der Waals surface area (Å²) in [4.78, 5) is 12.5. The van der Waals surface area contributed by atoms with Crippen LogP contribution in [0.5, 0.6) is 0 Å². The van der Waals surface area contributed by atoms with Crippen LogP contribution in [0.3, 0.4) is 0 Å². The van der Waals surface area contributed by atoms with E-state index in [2.05, 4.69) is 0 Å². The minimum absolute atomic E-state index is 0.199. The van der Waals surface area contributed by atoms with Crippen LogP contribution in [0.4, 0.5) is 0 Å². The molecule has 4 heteroatoms. The highest BCUT2D eigenvalue weighted by molar-refractivity contribution is 6.39. The fourth-order valence-electron chi connectivity index (χ4n) is 1.77. The highest BCUT2D eigenvalue weighted by Crippen LogP contribution is 2.28. The van der Waals surface area contributed by atoms with Gasteiger partial charge in [-0.25, -0.2) is 0 Å². The fourth-order valence-corrected chi connectivity index (χ4v) is 2.57. The van der Waals surface area contributed by atoms with Crippen LogP contribution in [0.1, 0.15) is 27.0 Å². The van der Waals surface area contributed by atoms with Crippen molar-refractivity contribution >= 4 is 40.6 Å². The Morgan fingerprint density at radius 2 is 1.42 bits per heavy atom. The molecule has 0 fully saturated rings. The third-order valence-electron chi connectivity index (χ3n) is 3.00. The number of halogens is 3. The number of ketones is 1. The van der Waals surface area contributed by atoms with E-state index < -0.39 is 0 Å². The third kappa shape index (κ3) is 2.94. The van der Waals surface area contributed by atoms with Gasteiger partial charge in [0.15, 0.2) is 5.78 Å². The van der Waals surface area contributed by atoms with Crippen LogP contribution in [-0.4, -0.2) is 5.78 Å². The molecule has 0 aliphatic rings. The molecule has 0 saturated carbocycles. The summed E-state index contributed by atoms with van der Waals surface area (Å²) in [6.07, 6.45) is 0. The molecular weight excluding hydrogens is 303 g/mol. The number of aryl methyl sites for hydroxylation is 2. The van der Waals surface area contributed by atoms with Crippen molar-refractivity contribution < 1.29 is 4.79 Å².